The molecule has 0 radical (unpaired) electrons. The number of hydrogen-bond donors (Lipinski definition) is 0. The van der Waals surface area contributed by atoms with E-state index < -0.39 is 0 Å². The molecule has 0 unspecified atom stereocenters. The van der Waals surface area contributed by atoms with E-state index >= 15 is 0 Å². The molecular formula is C16H20N4OS. The van der Waals surface area contributed by atoms with Crippen molar-refractivity contribution in [3.8, 4) is 0 Å². The zero-order valence-corrected chi connectivity index (χ0v) is 13.6. The van der Waals surface area contributed by atoms with E-state index in [4.69, 9.17) is 0 Å². The first-order valence-corrected chi connectivity index (χ1v) is 8.93. The summed E-state index contributed by atoms with van der Waals surface area (Å²) in [5.41, 5.74) is 0. The summed E-state index contributed by atoms with van der Waals surface area (Å²) in [6.45, 7) is 3.02. The third-order valence-corrected chi connectivity index (χ3v) is 5.63. The van der Waals surface area contributed by atoms with Gasteiger partial charge in [0.05, 0.1) is 10.9 Å². The highest BCUT2D eigenvalue weighted by Crippen LogP contribution is 2.33. The van der Waals surface area contributed by atoms with Gasteiger partial charge in [0.2, 0.25) is 0 Å². The van der Waals surface area contributed by atoms with Crippen LogP contribution in [0, 0.1) is 0 Å². The summed E-state index contributed by atoms with van der Waals surface area (Å²) >= 11 is 1.53. The molecule has 2 aromatic heterocycles. The minimum absolute atomic E-state index is 0.193. The first-order chi connectivity index (χ1) is 10.8. The van der Waals surface area contributed by atoms with E-state index in [0.717, 1.165) is 55.2 Å². The van der Waals surface area contributed by atoms with Crippen molar-refractivity contribution in [1.82, 2.24) is 19.7 Å². The zero-order valence-electron chi connectivity index (χ0n) is 12.7. The molecule has 5 nitrogen and oxygen atoms in total. The molecule has 0 N–H and O–H groups in total. The van der Waals surface area contributed by atoms with E-state index in [1.165, 1.54) is 11.3 Å². The van der Waals surface area contributed by atoms with Crippen LogP contribution in [0.2, 0.25) is 0 Å². The van der Waals surface area contributed by atoms with Gasteiger partial charge in [-0.25, -0.2) is 0 Å². The Morgan fingerprint density at radius 3 is 3.00 bits per heavy atom. The fourth-order valence-electron chi connectivity index (χ4n) is 3.76. The van der Waals surface area contributed by atoms with E-state index in [2.05, 4.69) is 26.6 Å². The summed E-state index contributed by atoms with van der Waals surface area (Å²) in [5.74, 6) is 2.33. The summed E-state index contributed by atoms with van der Waals surface area (Å²) in [7, 11) is 0. The molecule has 2 aliphatic rings. The first kappa shape index (κ1) is 13.9. The van der Waals surface area contributed by atoms with Gasteiger partial charge >= 0.3 is 0 Å². The van der Waals surface area contributed by atoms with Gasteiger partial charge in [0.25, 0.3) is 5.91 Å². The number of nitrogens with zero attached hydrogens (tertiary/aromatic N) is 4. The smallest absolute Gasteiger partial charge is 0.264 e. The Bertz CT molecular complexity index is 678. The molecule has 0 saturated carbocycles. The lowest BCUT2D eigenvalue weighted by Crippen LogP contribution is -2.41. The second-order valence-corrected chi connectivity index (χ2v) is 7.12. The predicted molar refractivity (Wildman–Crippen MR) is 85.0 cm³/mol. The summed E-state index contributed by atoms with van der Waals surface area (Å²) < 4.78 is 2.27. The quantitative estimate of drug-likeness (QED) is 0.874. The summed E-state index contributed by atoms with van der Waals surface area (Å²) in [6.07, 6.45) is 5.04. The molecule has 0 aliphatic carbocycles. The number of carbonyl (C=O) groups excluding carboxylic acids is 1. The van der Waals surface area contributed by atoms with Gasteiger partial charge in [0, 0.05) is 25.4 Å². The lowest BCUT2D eigenvalue weighted by molar-refractivity contribution is 0.0670. The predicted octanol–water partition coefficient (Wildman–Crippen LogP) is 2.52. The second kappa shape index (κ2) is 5.50. The summed E-state index contributed by atoms with van der Waals surface area (Å²) in [5, 5.41) is 10.7. The Morgan fingerprint density at radius 2 is 2.23 bits per heavy atom. The lowest BCUT2D eigenvalue weighted by atomic mass is 10.1. The van der Waals surface area contributed by atoms with Crippen LogP contribution in [0.3, 0.4) is 0 Å². The van der Waals surface area contributed by atoms with Gasteiger partial charge in [0.15, 0.2) is 0 Å². The van der Waals surface area contributed by atoms with Crippen LogP contribution >= 0.6 is 11.3 Å². The highest BCUT2D eigenvalue weighted by molar-refractivity contribution is 7.12. The Labute approximate surface area is 134 Å². The number of fused-ring (bicyclic) bond motifs is 3. The van der Waals surface area contributed by atoms with Gasteiger partial charge in [-0.15, -0.1) is 21.5 Å². The Morgan fingerprint density at radius 1 is 1.36 bits per heavy atom. The highest BCUT2D eigenvalue weighted by atomic mass is 32.1. The highest BCUT2D eigenvalue weighted by Gasteiger charge is 2.41. The minimum Gasteiger partial charge on any atom is -0.330 e. The fourth-order valence-corrected chi connectivity index (χ4v) is 4.43. The van der Waals surface area contributed by atoms with Gasteiger partial charge in [-0.1, -0.05) is 13.0 Å². The van der Waals surface area contributed by atoms with Gasteiger partial charge in [-0.2, -0.15) is 0 Å². The van der Waals surface area contributed by atoms with Gasteiger partial charge < -0.3 is 9.47 Å². The maximum Gasteiger partial charge on any atom is 0.264 e. The molecule has 2 bridgehead atoms. The zero-order chi connectivity index (χ0) is 15.1. The van der Waals surface area contributed by atoms with Crippen LogP contribution in [0.4, 0.5) is 0 Å². The number of amides is 1. The van der Waals surface area contributed by atoms with Crippen LogP contribution in [-0.2, 0) is 19.4 Å². The first-order valence-electron chi connectivity index (χ1n) is 8.05. The molecule has 1 fully saturated rings. The molecule has 2 aliphatic heterocycles. The molecule has 1 saturated heterocycles. The van der Waals surface area contributed by atoms with Crippen molar-refractivity contribution in [2.24, 2.45) is 0 Å². The maximum absolute atomic E-state index is 12.8. The number of thiophene rings is 1. The van der Waals surface area contributed by atoms with E-state index in [0.29, 0.717) is 0 Å². The lowest BCUT2D eigenvalue weighted by Gasteiger charge is -2.27. The van der Waals surface area contributed by atoms with Gasteiger partial charge in [-0.3, -0.25) is 4.79 Å². The van der Waals surface area contributed by atoms with Crippen molar-refractivity contribution in [2.45, 2.75) is 57.7 Å². The SMILES string of the molecule is CCCc1nnc2n1C[C@H]1CC[C@@H](C2)N1C(=O)c1cccs1. The van der Waals surface area contributed by atoms with Crippen molar-refractivity contribution in [3.63, 3.8) is 0 Å². The summed E-state index contributed by atoms with van der Waals surface area (Å²) in [6, 6.07) is 4.44. The van der Waals surface area contributed by atoms with E-state index in [9.17, 15) is 4.79 Å². The third-order valence-electron chi connectivity index (χ3n) is 4.78. The van der Waals surface area contributed by atoms with Crippen LogP contribution in [0.5, 0.6) is 0 Å². The number of aromatic nitrogens is 3. The van der Waals surface area contributed by atoms with Crippen LogP contribution in [0.1, 0.15) is 47.5 Å². The van der Waals surface area contributed by atoms with Crippen LogP contribution in [-0.4, -0.2) is 37.7 Å². The normalized spacial score (nSPS) is 23.4. The molecule has 0 spiro atoms. The van der Waals surface area contributed by atoms with Crippen molar-refractivity contribution >= 4 is 17.2 Å². The number of hydrogen-bond acceptors (Lipinski definition) is 4. The van der Waals surface area contributed by atoms with Gasteiger partial charge in [0.1, 0.15) is 11.6 Å². The summed E-state index contributed by atoms with van der Waals surface area (Å²) in [4.78, 5) is 15.8. The average Bonchev–Trinajstić information content (AvgIpc) is 3.20. The van der Waals surface area contributed by atoms with Crippen molar-refractivity contribution in [2.75, 3.05) is 0 Å². The van der Waals surface area contributed by atoms with Crippen molar-refractivity contribution < 1.29 is 4.79 Å². The molecule has 0 aromatic carbocycles. The van der Waals surface area contributed by atoms with Crippen LogP contribution in [0.25, 0.3) is 0 Å². The molecule has 116 valence electrons. The molecule has 6 heteroatoms. The van der Waals surface area contributed by atoms with Crippen LogP contribution < -0.4 is 0 Å². The standard InChI is InChI=1S/C16H20N4OS/c1-2-4-14-17-18-15-9-11-6-7-12(10-19(14)15)20(11)16(21)13-5-3-8-22-13/h3,5,8,11-12H,2,4,6-7,9-10H2,1H3/t11-,12+/m0/s1. The molecule has 2 aromatic rings. The Balaban J connectivity index is 1.65. The van der Waals surface area contributed by atoms with E-state index in [1.54, 1.807) is 0 Å². The van der Waals surface area contributed by atoms with Crippen molar-refractivity contribution in [1.29, 1.82) is 0 Å². The van der Waals surface area contributed by atoms with Crippen molar-refractivity contribution in [3.05, 3.63) is 34.0 Å². The molecule has 1 amide bonds. The monoisotopic (exact) mass is 316 g/mol. The van der Waals surface area contributed by atoms with Gasteiger partial charge in [-0.05, 0) is 30.7 Å². The molecule has 4 rings (SSSR count). The fraction of sp³-hybridized carbons (Fsp3) is 0.562. The van der Waals surface area contributed by atoms with E-state index in [-0.39, 0.29) is 18.0 Å². The number of rotatable bonds is 3. The number of carbonyl (C=O) groups is 1. The third kappa shape index (κ3) is 2.17. The topological polar surface area (TPSA) is 51.0 Å². The largest absolute Gasteiger partial charge is 0.330 e. The van der Waals surface area contributed by atoms with Crippen LogP contribution in [0.15, 0.2) is 17.5 Å². The minimum atomic E-state index is 0.193. The molecular weight excluding hydrogens is 296 g/mol. The number of aryl methyl sites for hydroxylation is 1. The average molecular weight is 316 g/mol. The second-order valence-electron chi connectivity index (χ2n) is 6.17. The Kier molecular flexibility index (Phi) is 3.48. The van der Waals surface area contributed by atoms with E-state index in [1.807, 2.05) is 17.5 Å². The maximum atomic E-state index is 12.8. The Hall–Kier alpha value is -1.69. The molecule has 4 heterocycles. The molecule has 2 atom stereocenters. The molecule has 22 heavy (non-hydrogen) atoms.